The van der Waals surface area contributed by atoms with Crippen molar-refractivity contribution in [2.24, 2.45) is 0 Å². The van der Waals surface area contributed by atoms with E-state index in [0.717, 1.165) is 12.1 Å². The molecule has 0 saturated carbocycles. The van der Waals surface area contributed by atoms with Gasteiger partial charge in [-0.15, -0.1) is 0 Å². The monoisotopic (exact) mass is 325 g/mol. The Balaban J connectivity index is 2.63. The normalized spacial score (nSPS) is 13.3. The summed E-state index contributed by atoms with van der Waals surface area (Å²) in [4.78, 5) is 23.4. The van der Waals surface area contributed by atoms with Crippen LogP contribution in [0.1, 0.15) is 38.8 Å². The van der Waals surface area contributed by atoms with Crippen molar-refractivity contribution in [2.45, 2.75) is 39.3 Å². The first-order valence-corrected chi connectivity index (χ1v) is 7.82. The number of rotatable bonds is 8. The van der Waals surface area contributed by atoms with Gasteiger partial charge < -0.3 is 16.0 Å². The molecule has 6 heteroatoms. The van der Waals surface area contributed by atoms with Crippen LogP contribution in [0.4, 0.5) is 0 Å². The zero-order valence-corrected chi connectivity index (χ0v) is 14.0. The van der Waals surface area contributed by atoms with Gasteiger partial charge in [0.05, 0.1) is 12.5 Å². The molecule has 3 N–H and O–H groups in total. The molecule has 0 fully saturated rings. The number of carbonyl (C=O) groups excluding carboxylic acids is 2. The lowest BCUT2D eigenvalue weighted by molar-refractivity contribution is -0.122. The summed E-state index contributed by atoms with van der Waals surface area (Å²) in [6.45, 7) is 6.88. The predicted octanol–water partition coefficient (Wildman–Crippen LogP) is 2.02. The highest BCUT2D eigenvalue weighted by atomic mass is 35.5. The standard InChI is InChI=1S/C16H24ClN3O2/c1-4-18-11(2)10-19-16(22)9-15(20-12(3)21)13-5-7-14(17)8-6-13/h5-8,11,15,18H,4,9-10H2,1-3H3,(H,19,22)(H,20,21)/t11-,15?/m1/s1. The molecule has 0 aliphatic heterocycles. The van der Waals surface area contributed by atoms with Crippen LogP contribution >= 0.6 is 11.6 Å². The molecule has 0 aliphatic rings. The summed E-state index contributed by atoms with van der Waals surface area (Å²) < 4.78 is 0. The van der Waals surface area contributed by atoms with E-state index in [4.69, 9.17) is 11.6 Å². The molecule has 2 amide bonds. The van der Waals surface area contributed by atoms with Crippen LogP contribution in [0.2, 0.25) is 5.02 Å². The molecule has 2 atom stereocenters. The highest BCUT2D eigenvalue weighted by Gasteiger charge is 2.17. The Morgan fingerprint density at radius 2 is 1.86 bits per heavy atom. The zero-order valence-electron chi connectivity index (χ0n) is 13.3. The Bertz CT molecular complexity index is 491. The summed E-state index contributed by atoms with van der Waals surface area (Å²) in [6.07, 6.45) is 0.195. The number of nitrogens with one attached hydrogen (secondary N) is 3. The predicted molar refractivity (Wildman–Crippen MR) is 88.8 cm³/mol. The van der Waals surface area contributed by atoms with E-state index >= 15 is 0 Å². The van der Waals surface area contributed by atoms with E-state index in [2.05, 4.69) is 16.0 Å². The Hall–Kier alpha value is -1.59. The third-order valence-corrected chi connectivity index (χ3v) is 3.45. The van der Waals surface area contributed by atoms with Gasteiger partial charge in [0, 0.05) is 24.5 Å². The lowest BCUT2D eigenvalue weighted by atomic mass is 10.0. The van der Waals surface area contributed by atoms with Crippen molar-refractivity contribution in [3.8, 4) is 0 Å². The van der Waals surface area contributed by atoms with Crippen molar-refractivity contribution in [1.82, 2.24) is 16.0 Å². The summed E-state index contributed by atoms with van der Waals surface area (Å²) >= 11 is 5.87. The Morgan fingerprint density at radius 1 is 1.23 bits per heavy atom. The van der Waals surface area contributed by atoms with Crippen molar-refractivity contribution < 1.29 is 9.59 Å². The number of hydrogen-bond donors (Lipinski definition) is 3. The second-order valence-corrected chi connectivity index (χ2v) is 5.71. The van der Waals surface area contributed by atoms with Gasteiger partial charge in [-0.1, -0.05) is 30.7 Å². The van der Waals surface area contributed by atoms with Gasteiger partial charge in [0.2, 0.25) is 11.8 Å². The quantitative estimate of drug-likeness (QED) is 0.685. The summed E-state index contributed by atoms with van der Waals surface area (Å²) in [6, 6.07) is 6.98. The summed E-state index contributed by atoms with van der Waals surface area (Å²) in [7, 11) is 0. The van der Waals surface area contributed by atoms with E-state index in [-0.39, 0.29) is 30.3 Å². The van der Waals surface area contributed by atoms with Crippen molar-refractivity contribution in [3.63, 3.8) is 0 Å². The largest absolute Gasteiger partial charge is 0.354 e. The second-order valence-electron chi connectivity index (χ2n) is 5.27. The number of halogens is 1. The number of likely N-dealkylation sites (N-methyl/N-ethyl adjacent to an activating group) is 1. The van der Waals surface area contributed by atoms with E-state index in [1.54, 1.807) is 12.1 Å². The van der Waals surface area contributed by atoms with Gasteiger partial charge in [-0.2, -0.15) is 0 Å². The fourth-order valence-electron chi connectivity index (χ4n) is 2.14. The molecule has 0 radical (unpaired) electrons. The summed E-state index contributed by atoms with van der Waals surface area (Å²) in [5, 5.41) is 9.52. The number of amides is 2. The van der Waals surface area contributed by atoms with E-state index in [9.17, 15) is 9.59 Å². The lowest BCUT2D eigenvalue weighted by Crippen LogP contribution is -2.40. The van der Waals surface area contributed by atoms with E-state index in [0.29, 0.717) is 11.6 Å². The zero-order chi connectivity index (χ0) is 16.5. The molecule has 5 nitrogen and oxygen atoms in total. The Morgan fingerprint density at radius 3 is 2.41 bits per heavy atom. The molecular formula is C16H24ClN3O2. The maximum Gasteiger partial charge on any atom is 0.222 e. The SMILES string of the molecule is CCN[C@H](C)CNC(=O)CC(NC(C)=O)c1ccc(Cl)cc1. The molecule has 22 heavy (non-hydrogen) atoms. The molecule has 0 heterocycles. The van der Waals surface area contributed by atoms with E-state index in [1.165, 1.54) is 6.92 Å². The van der Waals surface area contributed by atoms with Crippen LogP contribution in [0.25, 0.3) is 0 Å². The third-order valence-electron chi connectivity index (χ3n) is 3.20. The Labute approximate surface area is 136 Å². The van der Waals surface area contributed by atoms with Gasteiger partial charge in [0.15, 0.2) is 0 Å². The molecule has 0 saturated heterocycles. The first-order valence-electron chi connectivity index (χ1n) is 7.45. The van der Waals surface area contributed by atoms with Gasteiger partial charge in [0.25, 0.3) is 0 Å². The fourth-order valence-corrected chi connectivity index (χ4v) is 2.26. The highest BCUT2D eigenvalue weighted by molar-refractivity contribution is 6.30. The van der Waals surface area contributed by atoms with Crippen LogP contribution in [0.3, 0.4) is 0 Å². The lowest BCUT2D eigenvalue weighted by Gasteiger charge is -2.19. The molecule has 122 valence electrons. The Kier molecular flexibility index (Phi) is 7.91. The van der Waals surface area contributed by atoms with Crippen molar-refractivity contribution in [3.05, 3.63) is 34.9 Å². The summed E-state index contributed by atoms with van der Waals surface area (Å²) in [5.41, 5.74) is 0.856. The average Bonchev–Trinajstić information content (AvgIpc) is 2.45. The van der Waals surface area contributed by atoms with Crippen molar-refractivity contribution in [2.75, 3.05) is 13.1 Å². The number of benzene rings is 1. The second kappa shape index (κ2) is 9.43. The smallest absolute Gasteiger partial charge is 0.222 e. The number of carbonyl (C=O) groups is 2. The topological polar surface area (TPSA) is 70.2 Å². The van der Waals surface area contributed by atoms with Crippen LogP contribution in [0, 0.1) is 0 Å². The number of hydrogen-bond acceptors (Lipinski definition) is 3. The van der Waals surface area contributed by atoms with E-state index in [1.807, 2.05) is 26.0 Å². The van der Waals surface area contributed by atoms with Gasteiger partial charge in [-0.05, 0) is 31.2 Å². The fraction of sp³-hybridized carbons (Fsp3) is 0.500. The molecule has 0 spiro atoms. The maximum atomic E-state index is 12.1. The average molecular weight is 326 g/mol. The first-order chi connectivity index (χ1) is 10.4. The van der Waals surface area contributed by atoms with Gasteiger partial charge in [-0.3, -0.25) is 9.59 Å². The van der Waals surface area contributed by atoms with Gasteiger partial charge in [0.1, 0.15) is 0 Å². The molecule has 1 aromatic carbocycles. The van der Waals surface area contributed by atoms with Gasteiger partial charge >= 0.3 is 0 Å². The molecule has 0 aromatic heterocycles. The minimum atomic E-state index is -0.357. The maximum absolute atomic E-state index is 12.1. The molecular weight excluding hydrogens is 302 g/mol. The minimum absolute atomic E-state index is 0.0987. The highest BCUT2D eigenvalue weighted by Crippen LogP contribution is 2.19. The van der Waals surface area contributed by atoms with Crippen LogP contribution in [-0.4, -0.2) is 30.9 Å². The minimum Gasteiger partial charge on any atom is -0.354 e. The third kappa shape index (κ3) is 6.91. The van der Waals surface area contributed by atoms with Crippen molar-refractivity contribution in [1.29, 1.82) is 0 Å². The van der Waals surface area contributed by atoms with Gasteiger partial charge in [-0.25, -0.2) is 0 Å². The molecule has 1 unspecified atom stereocenters. The molecule has 0 bridgehead atoms. The van der Waals surface area contributed by atoms with Crippen LogP contribution in [0.5, 0.6) is 0 Å². The van der Waals surface area contributed by atoms with E-state index < -0.39 is 0 Å². The van der Waals surface area contributed by atoms with Crippen LogP contribution in [0.15, 0.2) is 24.3 Å². The summed E-state index contributed by atoms with van der Waals surface area (Å²) in [5.74, 6) is -0.271. The van der Waals surface area contributed by atoms with Crippen LogP contribution < -0.4 is 16.0 Å². The molecule has 1 rings (SSSR count). The molecule has 1 aromatic rings. The first kappa shape index (κ1) is 18.5. The van der Waals surface area contributed by atoms with Crippen molar-refractivity contribution >= 4 is 23.4 Å². The molecule has 0 aliphatic carbocycles. The van der Waals surface area contributed by atoms with Crippen LogP contribution in [-0.2, 0) is 9.59 Å².